The molecule has 0 heterocycles. The zero-order valence-electron chi connectivity index (χ0n) is 11.9. The molecule has 2 nitrogen and oxygen atoms in total. The Balaban J connectivity index is 2.93. The van der Waals surface area contributed by atoms with Crippen LogP contribution in [-0.4, -0.2) is 24.5 Å². The molecule has 18 heavy (non-hydrogen) atoms. The second-order valence-corrected chi connectivity index (χ2v) is 5.28. The average Bonchev–Trinajstić information content (AvgIpc) is 2.31. The molecule has 0 saturated heterocycles. The number of nitrogens with zero attached hydrogens (tertiary/aromatic N) is 1. The number of likely N-dealkylation sites (N-methyl/N-ethyl adjacent to an activating group) is 1. The highest BCUT2D eigenvalue weighted by Crippen LogP contribution is 2.25. The molecule has 0 bridgehead atoms. The summed E-state index contributed by atoms with van der Waals surface area (Å²) in [7, 11) is 2.02. The van der Waals surface area contributed by atoms with Crippen LogP contribution in [0.1, 0.15) is 38.8 Å². The van der Waals surface area contributed by atoms with Crippen molar-refractivity contribution in [3.8, 4) is 0 Å². The van der Waals surface area contributed by atoms with Gasteiger partial charge in [0.15, 0.2) is 0 Å². The highest BCUT2D eigenvalue weighted by atomic mass is 19.1. The van der Waals surface area contributed by atoms with Crippen molar-refractivity contribution < 1.29 is 4.39 Å². The van der Waals surface area contributed by atoms with E-state index in [0.717, 1.165) is 13.0 Å². The molecule has 0 fully saturated rings. The second kappa shape index (κ2) is 6.86. The van der Waals surface area contributed by atoms with E-state index in [9.17, 15) is 4.39 Å². The van der Waals surface area contributed by atoms with E-state index in [-0.39, 0.29) is 17.9 Å². The molecule has 0 radical (unpaired) electrons. The third-order valence-electron chi connectivity index (χ3n) is 3.49. The van der Waals surface area contributed by atoms with Crippen molar-refractivity contribution in [1.29, 1.82) is 0 Å². The van der Waals surface area contributed by atoms with Gasteiger partial charge in [-0.15, -0.1) is 0 Å². The third-order valence-corrected chi connectivity index (χ3v) is 3.49. The highest BCUT2D eigenvalue weighted by Gasteiger charge is 2.24. The fraction of sp³-hybridized carbons (Fsp3) is 0.600. The van der Waals surface area contributed by atoms with Crippen LogP contribution in [0.3, 0.4) is 0 Å². The normalized spacial score (nSPS) is 16.6. The maximum absolute atomic E-state index is 13.9. The summed E-state index contributed by atoms with van der Waals surface area (Å²) in [5.74, 6) is 0.416. The predicted octanol–water partition coefficient (Wildman–Crippen LogP) is 3.19. The van der Waals surface area contributed by atoms with Crippen molar-refractivity contribution in [2.24, 2.45) is 11.7 Å². The number of halogens is 1. The lowest BCUT2D eigenvalue weighted by molar-refractivity contribution is 0.186. The molecule has 0 amide bonds. The topological polar surface area (TPSA) is 29.3 Å². The molecule has 3 unspecified atom stereocenters. The Morgan fingerprint density at radius 1 is 1.28 bits per heavy atom. The van der Waals surface area contributed by atoms with E-state index >= 15 is 0 Å². The number of hydrogen-bond acceptors (Lipinski definition) is 2. The number of hydrogen-bond donors (Lipinski definition) is 1. The van der Waals surface area contributed by atoms with Gasteiger partial charge in [0, 0.05) is 18.2 Å². The lowest BCUT2D eigenvalue weighted by atomic mass is 9.97. The van der Waals surface area contributed by atoms with Crippen LogP contribution in [-0.2, 0) is 0 Å². The molecular formula is C15H25FN2. The van der Waals surface area contributed by atoms with Gasteiger partial charge >= 0.3 is 0 Å². The maximum atomic E-state index is 13.9. The predicted molar refractivity (Wildman–Crippen MR) is 74.9 cm³/mol. The monoisotopic (exact) mass is 252 g/mol. The third kappa shape index (κ3) is 3.79. The highest BCUT2D eigenvalue weighted by molar-refractivity contribution is 5.22. The minimum atomic E-state index is -0.171. The van der Waals surface area contributed by atoms with Crippen molar-refractivity contribution in [3.05, 3.63) is 35.6 Å². The van der Waals surface area contributed by atoms with Gasteiger partial charge in [-0.3, -0.25) is 4.90 Å². The Hall–Kier alpha value is -0.930. The Morgan fingerprint density at radius 3 is 2.39 bits per heavy atom. The Labute approximate surface area is 110 Å². The second-order valence-electron chi connectivity index (χ2n) is 5.28. The van der Waals surface area contributed by atoms with Gasteiger partial charge in [0.2, 0.25) is 0 Å². The molecular weight excluding hydrogens is 227 g/mol. The van der Waals surface area contributed by atoms with Crippen LogP contribution in [0.4, 0.5) is 4.39 Å². The maximum Gasteiger partial charge on any atom is 0.128 e. The fourth-order valence-corrected chi connectivity index (χ4v) is 2.37. The first-order valence-corrected chi connectivity index (χ1v) is 6.67. The number of benzene rings is 1. The van der Waals surface area contributed by atoms with E-state index in [1.807, 2.05) is 26.1 Å². The summed E-state index contributed by atoms with van der Waals surface area (Å²) < 4.78 is 13.9. The van der Waals surface area contributed by atoms with Gasteiger partial charge in [-0.05, 0) is 26.0 Å². The van der Waals surface area contributed by atoms with Crippen LogP contribution >= 0.6 is 0 Å². The first-order valence-electron chi connectivity index (χ1n) is 6.67. The van der Waals surface area contributed by atoms with Crippen molar-refractivity contribution in [3.63, 3.8) is 0 Å². The Kier molecular flexibility index (Phi) is 5.76. The van der Waals surface area contributed by atoms with E-state index in [2.05, 4.69) is 18.7 Å². The Morgan fingerprint density at radius 2 is 1.89 bits per heavy atom. The van der Waals surface area contributed by atoms with Gasteiger partial charge in [0.25, 0.3) is 0 Å². The van der Waals surface area contributed by atoms with E-state index in [4.69, 9.17) is 5.73 Å². The van der Waals surface area contributed by atoms with Crippen LogP contribution in [0.5, 0.6) is 0 Å². The van der Waals surface area contributed by atoms with Gasteiger partial charge in [0.05, 0.1) is 6.04 Å². The van der Waals surface area contributed by atoms with E-state index in [0.29, 0.717) is 11.5 Å². The molecule has 0 aliphatic heterocycles. The molecule has 1 rings (SSSR count). The molecule has 3 heteroatoms. The molecule has 0 aliphatic rings. The standard InChI is InChI=1S/C15H25FN2/c1-5-11(2)10-18(4)15(12(3)17)13-8-6-7-9-14(13)16/h6-9,11-12,15H,5,10,17H2,1-4H3. The minimum absolute atomic E-state index is 0.0693. The van der Waals surface area contributed by atoms with Gasteiger partial charge in [-0.1, -0.05) is 38.5 Å². The summed E-state index contributed by atoms with van der Waals surface area (Å²) in [5.41, 5.74) is 6.74. The van der Waals surface area contributed by atoms with E-state index in [1.165, 1.54) is 6.07 Å². The van der Waals surface area contributed by atoms with Crippen molar-refractivity contribution in [2.45, 2.75) is 39.3 Å². The summed E-state index contributed by atoms with van der Waals surface area (Å²) in [6.45, 7) is 7.24. The van der Waals surface area contributed by atoms with Crippen molar-refractivity contribution in [1.82, 2.24) is 4.90 Å². The van der Waals surface area contributed by atoms with Crippen LogP contribution in [0.2, 0.25) is 0 Å². The van der Waals surface area contributed by atoms with Gasteiger partial charge < -0.3 is 5.73 Å². The summed E-state index contributed by atoms with van der Waals surface area (Å²) >= 11 is 0. The smallest absolute Gasteiger partial charge is 0.128 e. The van der Waals surface area contributed by atoms with Gasteiger partial charge in [-0.2, -0.15) is 0 Å². The SMILES string of the molecule is CCC(C)CN(C)C(c1ccccc1F)C(C)N. The molecule has 0 saturated carbocycles. The van der Waals surface area contributed by atoms with Crippen LogP contribution in [0, 0.1) is 11.7 Å². The quantitative estimate of drug-likeness (QED) is 0.842. The molecule has 0 aromatic heterocycles. The molecule has 2 N–H and O–H groups in total. The summed E-state index contributed by atoms with van der Waals surface area (Å²) in [6, 6.07) is 6.74. The van der Waals surface area contributed by atoms with Crippen LogP contribution in [0.25, 0.3) is 0 Å². The molecule has 1 aromatic carbocycles. The lowest BCUT2D eigenvalue weighted by Gasteiger charge is -2.33. The molecule has 102 valence electrons. The molecule has 0 aliphatic carbocycles. The van der Waals surface area contributed by atoms with Crippen LogP contribution in [0.15, 0.2) is 24.3 Å². The first-order chi connectivity index (χ1) is 8.47. The van der Waals surface area contributed by atoms with Crippen molar-refractivity contribution in [2.75, 3.05) is 13.6 Å². The molecule has 3 atom stereocenters. The fourth-order valence-electron chi connectivity index (χ4n) is 2.37. The summed E-state index contributed by atoms with van der Waals surface area (Å²) in [4.78, 5) is 2.16. The van der Waals surface area contributed by atoms with Gasteiger partial charge in [0.1, 0.15) is 5.82 Å². The average molecular weight is 252 g/mol. The number of nitrogens with two attached hydrogens (primary N) is 1. The summed E-state index contributed by atoms with van der Waals surface area (Å²) in [6.07, 6.45) is 1.12. The zero-order valence-corrected chi connectivity index (χ0v) is 11.9. The molecule has 0 spiro atoms. The zero-order chi connectivity index (χ0) is 13.7. The number of rotatable bonds is 6. The van der Waals surface area contributed by atoms with Gasteiger partial charge in [-0.25, -0.2) is 4.39 Å². The lowest BCUT2D eigenvalue weighted by Crippen LogP contribution is -2.39. The minimum Gasteiger partial charge on any atom is -0.326 e. The van der Waals surface area contributed by atoms with Crippen LogP contribution < -0.4 is 5.73 Å². The summed E-state index contributed by atoms with van der Waals surface area (Å²) in [5, 5.41) is 0. The van der Waals surface area contributed by atoms with E-state index < -0.39 is 0 Å². The van der Waals surface area contributed by atoms with E-state index in [1.54, 1.807) is 6.07 Å². The molecule has 1 aromatic rings. The first kappa shape index (κ1) is 15.1. The largest absolute Gasteiger partial charge is 0.326 e. The van der Waals surface area contributed by atoms with Crippen molar-refractivity contribution >= 4 is 0 Å². The Bertz CT molecular complexity index is 365.